The van der Waals surface area contributed by atoms with Crippen molar-refractivity contribution in [1.29, 1.82) is 0 Å². The first kappa shape index (κ1) is 11.5. The van der Waals surface area contributed by atoms with Crippen LogP contribution in [0.3, 0.4) is 0 Å². The molecule has 0 radical (unpaired) electrons. The lowest BCUT2D eigenvalue weighted by Gasteiger charge is -2.04. The fraction of sp³-hybridized carbons (Fsp3) is 0.167. The van der Waals surface area contributed by atoms with Gasteiger partial charge in [0.2, 0.25) is 5.95 Å². The Hall–Kier alpha value is -1.59. The highest BCUT2D eigenvalue weighted by Crippen LogP contribution is 2.23. The van der Waals surface area contributed by atoms with Gasteiger partial charge in [-0.1, -0.05) is 11.6 Å². The van der Waals surface area contributed by atoms with Crippen LogP contribution in [0.5, 0.6) is 0 Å². The van der Waals surface area contributed by atoms with E-state index < -0.39 is 0 Å². The lowest BCUT2D eigenvalue weighted by Crippen LogP contribution is -2.05. The van der Waals surface area contributed by atoms with E-state index in [9.17, 15) is 0 Å². The van der Waals surface area contributed by atoms with Crippen LogP contribution in [0.1, 0.15) is 4.88 Å². The topological polar surface area (TPSA) is 56.7 Å². The fourth-order valence-electron chi connectivity index (χ4n) is 1.94. The minimum Gasteiger partial charge on any atom is -0.369 e. The smallest absolute Gasteiger partial charge is 0.201 e. The number of nitrogens with zero attached hydrogens (tertiary/aromatic N) is 3. The summed E-state index contributed by atoms with van der Waals surface area (Å²) in [5.41, 5.74) is 7.78. The lowest BCUT2D eigenvalue weighted by atomic mass is 10.3. The van der Waals surface area contributed by atoms with Crippen molar-refractivity contribution in [2.24, 2.45) is 0 Å². The third kappa shape index (κ3) is 2.07. The number of imidazole rings is 1. The van der Waals surface area contributed by atoms with Gasteiger partial charge in [-0.2, -0.15) is 0 Å². The Bertz CT molecular complexity index is 688. The fourth-order valence-corrected chi connectivity index (χ4v) is 3.02. The van der Waals surface area contributed by atoms with Crippen molar-refractivity contribution in [1.82, 2.24) is 14.5 Å². The van der Waals surface area contributed by atoms with Gasteiger partial charge in [0.05, 0.1) is 16.0 Å². The van der Waals surface area contributed by atoms with E-state index in [-0.39, 0.29) is 0 Å². The number of nitrogen functional groups attached to an aromatic ring is 1. The molecule has 3 rings (SSSR count). The summed E-state index contributed by atoms with van der Waals surface area (Å²) in [4.78, 5) is 9.57. The van der Waals surface area contributed by atoms with Crippen LogP contribution >= 0.6 is 22.9 Å². The molecule has 0 aliphatic carbocycles. The van der Waals surface area contributed by atoms with Gasteiger partial charge in [0, 0.05) is 17.6 Å². The molecular weight excluding hydrogens is 268 g/mol. The molecular formula is C12H11ClN4S. The van der Waals surface area contributed by atoms with Gasteiger partial charge >= 0.3 is 0 Å². The van der Waals surface area contributed by atoms with E-state index in [2.05, 4.69) is 9.97 Å². The van der Waals surface area contributed by atoms with Crippen molar-refractivity contribution < 1.29 is 0 Å². The number of hydrogen-bond acceptors (Lipinski definition) is 4. The molecule has 92 valence electrons. The van der Waals surface area contributed by atoms with Gasteiger partial charge in [-0.3, -0.25) is 4.98 Å². The molecule has 3 aromatic heterocycles. The van der Waals surface area contributed by atoms with Gasteiger partial charge in [-0.15, -0.1) is 11.3 Å². The van der Waals surface area contributed by atoms with Crippen LogP contribution in [0.25, 0.3) is 11.0 Å². The molecule has 0 saturated carbocycles. The predicted octanol–water partition coefficient (Wildman–Crippen LogP) is 2.97. The summed E-state index contributed by atoms with van der Waals surface area (Å²) in [6.45, 7) is 0.795. The van der Waals surface area contributed by atoms with Gasteiger partial charge in [-0.25, -0.2) is 4.98 Å². The van der Waals surface area contributed by atoms with Crippen LogP contribution in [-0.4, -0.2) is 14.5 Å². The van der Waals surface area contributed by atoms with E-state index >= 15 is 0 Å². The first-order valence-corrected chi connectivity index (χ1v) is 6.73. The Morgan fingerprint density at radius 3 is 3.00 bits per heavy atom. The lowest BCUT2D eigenvalue weighted by molar-refractivity contribution is 0.732. The van der Waals surface area contributed by atoms with Crippen LogP contribution in [0.15, 0.2) is 30.6 Å². The highest BCUT2D eigenvalue weighted by atomic mass is 35.5. The van der Waals surface area contributed by atoms with Crippen molar-refractivity contribution in [3.63, 3.8) is 0 Å². The van der Waals surface area contributed by atoms with E-state index in [0.717, 1.165) is 28.3 Å². The second kappa shape index (κ2) is 4.59. The van der Waals surface area contributed by atoms with E-state index in [1.54, 1.807) is 23.7 Å². The van der Waals surface area contributed by atoms with Crippen molar-refractivity contribution in [3.8, 4) is 0 Å². The molecule has 0 fully saturated rings. The maximum Gasteiger partial charge on any atom is 0.201 e. The van der Waals surface area contributed by atoms with Gasteiger partial charge in [0.15, 0.2) is 0 Å². The standard InChI is InChI=1S/C12H11ClN4S/c13-11-2-1-8(18-11)4-6-17-10-3-5-15-7-9(10)16-12(17)14/h1-3,5,7H,4,6H2,(H2,14,16). The average Bonchev–Trinajstić information content (AvgIpc) is 2.90. The van der Waals surface area contributed by atoms with Gasteiger partial charge < -0.3 is 10.3 Å². The molecule has 0 saturated heterocycles. The Morgan fingerprint density at radius 2 is 2.22 bits per heavy atom. The Labute approximate surface area is 113 Å². The number of aryl methyl sites for hydroxylation is 2. The van der Waals surface area contributed by atoms with E-state index in [4.69, 9.17) is 17.3 Å². The third-order valence-corrected chi connectivity index (χ3v) is 4.08. The van der Waals surface area contributed by atoms with Crippen molar-refractivity contribution in [2.45, 2.75) is 13.0 Å². The number of pyridine rings is 1. The van der Waals surface area contributed by atoms with E-state index in [1.807, 2.05) is 22.8 Å². The second-order valence-corrected chi connectivity index (χ2v) is 5.74. The molecule has 0 bridgehead atoms. The summed E-state index contributed by atoms with van der Waals surface area (Å²) in [5.74, 6) is 0.528. The molecule has 3 aromatic rings. The van der Waals surface area contributed by atoms with Crippen molar-refractivity contribution in [3.05, 3.63) is 39.8 Å². The molecule has 6 heteroatoms. The maximum atomic E-state index is 5.92. The van der Waals surface area contributed by atoms with Gasteiger partial charge in [-0.05, 0) is 24.6 Å². The molecule has 0 aliphatic heterocycles. The molecule has 0 spiro atoms. The minimum atomic E-state index is 0.528. The Morgan fingerprint density at radius 1 is 1.33 bits per heavy atom. The number of aromatic nitrogens is 3. The molecule has 0 atom stereocenters. The van der Waals surface area contributed by atoms with Crippen LogP contribution in [0.4, 0.5) is 5.95 Å². The number of hydrogen-bond donors (Lipinski definition) is 1. The minimum absolute atomic E-state index is 0.528. The zero-order valence-electron chi connectivity index (χ0n) is 9.51. The van der Waals surface area contributed by atoms with Crippen molar-refractivity contribution >= 4 is 39.9 Å². The van der Waals surface area contributed by atoms with Crippen LogP contribution in [0, 0.1) is 0 Å². The number of nitrogens with two attached hydrogens (primary N) is 1. The second-order valence-electron chi connectivity index (χ2n) is 3.94. The summed E-state index contributed by atoms with van der Waals surface area (Å²) in [7, 11) is 0. The van der Waals surface area contributed by atoms with Crippen molar-refractivity contribution in [2.75, 3.05) is 5.73 Å². The highest BCUT2D eigenvalue weighted by molar-refractivity contribution is 7.16. The molecule has 2 N–H and O–H groups in total. The summed E-state index contributed by atoms with van der Waals surface area (Å²) >= 11 is 7.51. The largest absolute Gasteiger partial charge is 0.369 e. The highest BCUT2D eigenvalue weighted by Gasteiger charge is 2.08. The number of thiophene rings is 1. The summed E-state index contributed by atoms with van der Waals surface area (Å²) < 4.78 is 2.82. The number of halogens is 1. The van der Waals surface area contributed by atoms with Crippen LogP contribution in [-0.2, 0) is 13.0 Å². The van der Waals surface area contributed by atoms with Gasteiger partial charge in [0.1, 0.15) is 5.52 Å². The normalized spacial score (nSPS) is 11.2. The molecule has 3 heterocycles. The molecule has 0 aromatic carbocycles. The zero-order chi connectivity index (χ0) is 12.5. The first-order valence-electron chi connectivity index (χ1n) is 5.54. The average molecular weight is 279 g/mol. The SMILES string of the molecule is Nc1nc2cnccc2n1CCc1ccc(Cl)s1. The van der Waals surface area contributed by atoms with E-state index in [0.29, 0.717) is 5.95 Å². The quantitative estimate of drug-likeness (QED) is 0.801. The Balaban J connectivity index is 1.88. The predicted molar refractivity (Wildman–Crippen MR) is 75.0 cm³/mol. The maximum absolute atomic E-state index is 5.92. The molecule has 0 amide bonds. The summed E-state index contributed by atoms with van der Waals surface area (Å²) in [6.07, 6.45) is 4.38. The molecule has 18 heavy (non-hydrogen) atoms. The molecule has 0 unspecified atom stereocenters. The molecule has 4 nitrogen and oxygen atoms in total. The Kier molecular flexibility index (Phi) is 2.93. The van der Waals surface area contributed by atoms with Crippen LogP contribution in [0.2, 0.25) is 4.34 Å². The monoisotopic (exact) mass is 278 g/mol. The molecule has 0 aliphatic rings. The first-order chi connectivity index (χ1) is 8.74. The third-order valence-electron chi connectivity index (χ3n) is 2.79. The summed E-state index contributed by atoms with van der Waals surface area (Å²) in [5, 5.41) is 0. The number of anilines is 1. The van der Waals surface area contributed by atoms with Crippen LogP contribution < -0.4 is 5.73 Å². The van der Waals surface area contributed by atoms with E-state index in [1.165, 1.54) is 4.88 Å². The van der Waals surface area contributed by atoms with Gasteiger partial charge in [0.25, 0.3) is 0 Å². The number of fused-ring (bicyclic) bond motifs is 1. The summed E-state index contributed by atoms with van der Waals surface area (Å²) in [6, 6.07) is 5.89. The number of rotatable bonds is 3. The zero-order valence-corrected chi connectivity index (χ0v) is 11.1.